The Hall–Kier alpha value is -2.29. The van der Waals surface area contributed by atoms with Crippen molar-refractivity contribution < 1.29 is 9.53 Å². The summed E-state index contributed by atoms with van der Waals surface area (Å²) in [5.41, 5.74) is 1.76. The van der Waals surface area contributed by atoms with Crippen LogP contribution in [-0.4, -0.2) is 70.0 Å². The quantitative estimate of drug-likeness (QED) is 0.454. The van der Waals surface area contributed by atoms with Gasteiger partial charge in [-0.3, -0.25) is 14.7 Å². The lowest BCUT2D eigenvalue weighted by Crippen LogP contribution is -2.49. The zero-order valence-electron chi connectivity index (χ0n) is 20.0. The molecule has 1 aliphatic carbocycles. The predicted octanol–water partition coefficient (Wildman–Crippen LogP) is 4.13. The fourth-order valence-corrected chi connectivity index (χ4v) is 5.18. The number of aromatic nitrogens is 3. The van der Waals surface area contributed by atoms with Crippen molar-refractivity contribution in [2.75, 3.05) is 39.3 Å². The van der Waals surface area contributed by atoms with Crippen molar-refractivity contribution in [3.8, 4) is 5.75 Å². The highest BCUT2D eigenvalue weighted by Gasteiger charge is 2.23. The van der Waals surface area contributed by atoms with Gasteiger partial charge < -0.3 is 14.6 Å². The number of fused-ring (bicyclic) bond motifs is 2. The van der Waals surface area contributed by atoms with Crippen LogP contribution in [0.15, 0.2) is 29.1 Å². The van der Waals surface area contributed by atoms with Gasteiger partial charge in [0.2, 0.25) is 5.91 Å². The molecule has 3 aromatic rings. The van der Waals surface area contributed by atoms with Crippen LogP contribution in [0.2, 0.25) is 0 Å². The van der Waals surface area contributed by atoms with E-state index in [0.29, 0.717) is 30.6 Å². The van der Waals surface area contributed by atoms with Gasteiger partial charge >= 0.3 is 5.69 Å². The minimum absolute atomic E-state index is 0. The highest BCUT2D eigenvalue weighted by molar-refractivity contribution is 5.90. The standard InChI is InChI=1S/C25H33N5O3.2ClH/c31-23(30-12-10-29(11-13-30)17-18-5-2-1-3-6-18)7-4-14-33-20-8-9-21-19(15-20)16-22-24(26-21)28-25(32)27-22;;/h8-9,15-16,18H,1-7,10-14,17H2,(H2,26,27,28,32);2*1H. The second-order valence-corrected chi connectivity index (χ2v) is 9.46. The number of benzene rings is 1. The number of carbonyl (C=O) groups is 1. The van der Waals surface area contributed by atoms with Gasteiger partial charge in [-0.05, 0) is 49.4 Å². The van der Waals surface area contributed by atoms with Gasteiger partial charge in [0.1, 0.15) is 5.75 Å². The monoisotopic (exact) mass is 523 g/mol. The van der Waals surface area contributed by atoms with E-state index in [2.05, 4.69) is 19.9 Å². The lowest BCUT2D eigenvalue weighted by atomic mass is 9.89. The number of halogens is 2. The van der Waals surface area contributed by atoms with Crippen molar-refractivity contribution in [2.24, 2.45) is 5.92 Å². The molecule has 5 rings (SSSR count). The molecule has 1 aromatic carbocycles. The average Bonchev–Trinajstić information content (AvgIpc) is 3.20. The third-order valence-corrected chi connectivity index (χ3v) is 7.04. The van der Waals surface area contributed by atoms with Gasteiger partial charge in [0, 0.05) is 44.5 Å². The first-order valence-corrected chi connectivity index (χ1v) is 12.3. The second-order valence-electron chi connectivity index (χ2n) is 9.46. The van der Waals surface area contributed by atoms with Crippen LogP contribution in [0.4, 0.5) is 0 Å². The summed E-state index contributed by atoms with van der Waals surface area (Å²) in [6, 6.07) is 7.56. The number of imidazole rings is 1. The number of pyridine rings is 1. The number of rotatable bonds is 7. The highest BCUT2D eigenvalue weighted by atomic mass is 35.5. The van der Waals surface area contributed by atoms with E-state index in [-0.39, 0.29) is 36.4 Å². The molecule has 2 aromatic heterocycles. The lowest BCUT2D eigenvalue weighted by molar-refractivity contribution is -0.133. The number of aromatic amines is 2. The Morgan fingerprint density at radius 2 is 1.80 bits per heavy atom. The van der Waals surface area contributed by atoms with Crippen LogP contribution in [0.1, 0.15) is 44.9 Å². The molecule has 8 nitrogen and oxygen atoms in total. The van der Waals surface area contributed by atoms with Gasteiger partial charge in [-0.15, -0.1) is 24.8 Å². The van der Waals surface area contributed by atoms with Gasteiger partial charge in [-0.2, -0.15) is 0 Å². The van der Waals surface area contributed by atoms with Gasteiger partial charge in [0.25, 0.3) is 0 Å². The third kappa shape index (κ3) is 6.90. The SMILES string of the molecule is Cl.Cl.O=C(CCCOc1ccc2nc3[nH]c(=O)[nH]c3cc2c1)N1CCN(CC2CCCCC2)CC1. The largest absolute Gasteiger partial charge is 0.494 e. The van der Waals surface area contributed by atoms with E-state index in [9.17, 15) is 9.59 Å². The highest BCUT2D eigenvalue weighted by Crippen LogP contribution is 2.25. The predicted molar refractivity (Wildman–Crippen MR) is 143 cm³/mol. The summed E-state index contributed by atoms with van der Waals surface area (Å²) in [5.74, 6) is 1.84. The van der Waals surface area contributed by atoms with Crippen LogP contribution in [0.5, 0.6) is 5.75 Å². The minimum Gasteiger partial charge on any atom is -0.494 e. The normalized spacial score (nSPS) is 17.2. The van der Waals surface area contributed by atoms with E-state index in [0.717, 1.165) is 48.7 Å². The molecule has 1 aliphatic heterocycles. The van der Waals surface area contributed by atoms with Crippen molar-refractivity contribution in [1.82, 2.24) is 24.8 Å². The Balaban J connectivity index is 0.00000171. The summed E-state index contributed by atoms with van der Waals surface area (Å²) in [4.78, 5) is 38.5. The molecule has 0 spiro atoms. The Morgan fingerprint density at radius 3 is 2.57 bits per heavy atom. The number of hydrogen-bond donors (Lipinski definition) is 2. The average molecular weight is 524 g/mol. The van der Waals surface area contributed by atoms with Crippen LogP contribution in [-0.2, 0) is 4.79 Å². The molecule has 0 radical (unpaired) electrons. The summed E-state index contributed by atoms with van der Waals surface area (Å²) in [6.45, 7) is 5.41. The first kappa shape index (κ1) is 27.3. The number of carbonyl (C=O) groups excluding carboxylic acids is 1. The number of nitrogens with zero attached hydrogens (tertiary/aromatic N) is 3. The summed E-state index contributed by atoms with van der Waals surface area (Å²) >= 11 is 0. The van der Waals surface area contributed by atoms with E-state index < -0.39 is 0 Å². The van der Waals surface area contributed by atoms with Crippen molar-refractivity contribution >= 4 is 52.8 Å². The maximum absolute atomic E-state index is 12.6. The van der Waals surface area contributed by atoms with E-state index in [1.807, 2.05) is 29.2 Å². The van der Waals surface area contributed by atoms with Crippen molar-refractivity contribution in [1.29, 1.82) is 0 Å². The molecule has 0 unspecified atom stereocenters. The zero-order valence-corrected chi connectivity index (χ0v) is 21.6. The molecule has 192 valence electrons. The number of H-pyrrole nitrogens is 2. The van der Waals surface area contributed by atoms with Crippen LogP contribution < -0.4 is 10.4 Å². The van der Waals surface area contributed by atoms with E-state index in [1.165, 1.54) is 38.6 Å². The molecule has 1 saturated heterocycles. The van der Waals surface area contributed by atoms with Gasteiger partial charge in [0.05, 0.1) is 17.6 Å². The Morgan fingerprint density at radius 1 is 1.03 bits per heavy atom. The number of amides is 1. The molecule has 2 N–H and O–H groups in total. The van der Waals surface area contributed by atoms with Gasteiger partial charge in [0.15, 0.2) is 5.65 Å². The third-order valence-electron chi connectivity index (χ3n) is 7.04. The van der Waals surface area contributed by atoms with Gasteiger partial charge in [-0.25, -0.2) is 9.78 Å². The zero-order chi connectivity index (χ0) is 22.6. The summed E-state index contributed by atoms with van der Waals surface area (Å²) < 4.78 is 5.88. The molecule has 1 amide bonds. The maximum Gasteiger partial charge on any atom is 0.325 e. The topological polar surface area (TPSA) is 94.3 Å². The molecular weight excluding hydrogens is 489 g/mol. The lowest BCUT2D eigenvalue weighted by Gasteiger charge is -2.37. The Kier molecular flexibility index (Phi) is 9.83. The molecule has 2 fully saturated rings. The summed E-state index contributed by atoms with van der Waals surface area (Å²) in [6.07, 6.45) is 8.15. The first-order chi connectivity index (χ1) is 16.1. The van der Waals surface area contributed by atoms with E-state index in [1.54, 1.807) is 0 Å². The molecule has 10 heteroatoms. The number of nitrogens with one attached hydrogen (secondary N) is 2. The van der Waals surface area contributed by atoms with E-state index in [4.69, 9.17) is 4.74 Å². The molecule has 1 saturated carbocycles. The fraction of sp³-hybridized carbons (Fsp3) is 0.560. The van der Waals surface area contributed by atoms with Crippen molar-refractivity contribution in [3.05, 3.63) is 34.7 Å². The maximum atomic E-state index is 12.6. The second kappa shape index (κ2) is 12.6. The van der Waals surface area contributed by atoms with Crippen LogP contribution in [0, 0.1) is 5.92 Å². The van der Waals surface area contributed by atoms with Crippen LogP contribution >= 0.6 is 24.8 Å². The van der Waals surface area contributed by atoms with Crippen LogP contribution in [0.25, 0.3) is 22.1 Å². The van der Waals surface area contributed by atoms with Crippen LogP contribution in [0.3, 0.4) is 0 Å². The molecular formula is C25H35Cl2N5O3. The van der Waals surface area contributed by atoms with Gasteiger partial charge in [-0.1, -0.05) is 19.3 Å². The molecule has 2 aliphatic rings. The minimum atomic E-state index is -0.264. The number of piperazine rings is 1. The molecule has 0 bridgehead atoms. The summed E-state index contributed by atoms with van der Waals surface area (Å²) in [5, 5.41) is 0.900. The molecule has 35 heavy (non-hydrogen) atoms. The summed E-state index contributed by atoms with van der Waals surface area (Å²) in [7, 11) is 0. The Bertz CT molecular complexity index is 1170. The Labute approximate surface area is 217 Å². The first-order valence-electron chi connectivity index (χ1n) is 12.3. The number of hydrogen-bond acceptors (Lipinski definition) is 5. The van der Waals surface area contributed by atoms with E-state index >= 15 is 0 Å². The molecule has 0 atom stereocenters. The molecule has 3 heterocycles. The smallest absolute Gasteiger partial charge is 0.325 e. The van der Waals surface area contributed by atoms with Crippen molar-refractivity contribution in [2.45, 2.75) is 44.9 Å². The number of ether oxygens (including phenoxy) is 1. The van der Waals surface area contributed by atoms with Crippen molar-refractivity contribution in [3.63, 3.8) is 0 Å². The fourth-order valence-electron chi connectivity index (χ4n) is 5.18.